The number of anilines is 2. The second kappa shape index (κ2) is 11.0. The lowest BCUT2D eigenvalue weighted by atomic mass is 10.2. The van der Waals surface area contributed by atoms with Gasteiger partial charge in [-0.1, -0.05) is 37.3 Å². The fourth-order valence-corrected chi connectivity index (χ4v) is 5.36. The predicted octanol–water partition coefficient (Wildman–Crippen LogP) is 5.45. The van der Waals surface area contributed by atoms with E-state index < -0.39 is 0 Å². The first-order valence-electron chi connectivity index (χ1n) is 12.5. The van der Waals surface area contributed by atoms with Gasteiger partial charge in [-0.2, -0.15) is 0 Å². The monoisotopic (exact) mass is 503 g/mol. The van der Waals surface area contributed by atoms with Crippen LogP contribution >= 0.6 is 11.3 Å². The van der Waals surface area contributed by atoms with Gasteiger partial charge < -0.3 is 14.7 Å². The molecule has 0 unspecified atom stereocenters. The molecule has 0 N–H and O–H groups in total. The molecule has 1 fully saturated rings. The molecule has 3 heterocycles. The van der Waals surface area contributed by atoms with Gasteiger partial charge in [0.05, 0.1) is 16.1 Å². The first kappa shape index (κ1) is 24.2. The zero-order valence-corrected chi connectivity index (χ0v) is 21.3. The Kier molecular flexibility index (Phi) is 7.41. The van der Waals surface area contributed by atoms with Crippen molar-refractivity contribution in [3.05, 3.63) is 71.9 Å². The molecule has 2 aromatic carbocycles. The average Bonchev–Trinajstić information content (AvgIpc) is 3.46. The number of benzene rings is 2. The van der Waals surface area contributed by atoms with Gasteiger partial charge in [-0.25, -0.2) is 14.4 Å². The van der Waals surface area contributed by atoms with Crippen LogP contribution in [0.1, 0.15) is 19.8 Å². The molecule has 5 rings (SSSR count). The maximum atomic E-state index is 14.2. The van der Waals surface area contributed by atoms with Crippen molar-refractivity contribution >= 4 is 39.7 Å². The minimum Gasteiger partial charge on any atom is -0.366 e. The molecule has 1 aliphatic rings. The number of carbonyl (C=O) groups is 1. The normalized spacial score (nSPS) is 13.8. The highest BCUT2D eigenvalue weighted by molar-refractivity contribution is 7.13. The van der Waals surface area contributed by atoms with Crippen molar-refractivity contribution in [3.8, 4) is 10.7 Å². The Balaban J connectivity index is 1.29. The lowest BCUT2D eigenvalue weighted by Crippen LogP contribution is -2.49. The van der Waals surface area contributed by atoms with Crippen molar-refractivity contribution in [2.45, 2.75) is 19.8 Å². The summed E-state index contributed by atoms with van der Waals surface area (Å²) in [5.41, 5.74) is 1.51. The van der Waals surface area contributed by atoms with Crippen LogP contribution in [0.5, 0.6) is 0 Å². The Morgan fingerprint density at radius 1 is 0.972 bits per heavy atom. The molecule has 4 aromatic rings. The van der Waals surface area contributed by atoms with Crippen molar-refractivity contribution in [3.63, 3.8) is 0 Å². The molecule has 1 aliphatic heterocycles. The summed E-state index contributed by atoms with van der Waals surface area (Å²) in [7, 11) is 0. The van der Waals surface area contributed by atoms with Crippen molar-refractivity contribution in [1.29, 1.82) is 0 Å². The Morgan fingerprint density at radius 2 is 1.75 bits per heavy atom. The van der Waals surface area contributed by atoms with E-state index in [1.807, 2.05) is 51.6 Å². The third kappa shape index (κ3) is 5.18. The van der Waals surface area contributed by atoms with Crippen molar-refractivity contribution in [2.75, 3.05) is 49.1 Å². The van der Waals surface area contributed by atoms with Crippen LogP contribution in [0.4, 0.5) is 15.9 Å². The van der Waals surface area contributed by atoms with Gasteiger partial charge >= 0.3 is 0 Å². The van der Waals surface area contributed by atoms with Crippen LogP contribution in [0.2, 0.25) is 0 Å². The largest absolute Gasteiger partial charge is 0.366 e. The van der Waals surface area contributed by atoms with Crippen LogP contribution in [-0.2, 0) is 4.79 Å². The number of aromatic nitrogens is 2. The number of fused-ring (bicyclic) bond motifs is 1. The standard InChI is InChI=1S/C28H30FN5OS/c1-2-14-34(28-21-8-3-5-10-23(21)30-27(31-28)25-12-7-20-36-25)15-13-26(35)33-18-16-32(17-19-33)24-11-6-4-9-22(24)29/h3-12,20H,2,13-19H2,1H3. The molecule has 0 aliphatic carbocycles. The number of thiophene rings is 1. The average molecular weight is 504 g/mol. The summed E-state index contributed by atoms with van der Waals surface area (Å²) in [4.78, 5) is 30.1. The summed E-state index contributed by atoms with van der Waals surface area (Å²) in [6, 6.07) is 18.9. The number of rotatable bonds is 8. The van der Waals surface area contributed by atoms with Crippen LogP contribution in [0.3, 0.4) is 0 Å². The van der Waals surface area contributed by atoms with Gasteiger partial charge in [-0.05, 0) is 42.1 Å². The summed E-state index contributed by atoms with van der Waals surface area (Å²) in [5, 5.41) is 3.03. The zero-order chi connectivity index (χ0) is 24.9. The van der Waals surface area contributed by atoms with E-state index in [2.05, 4.69) is 17.9 Å². The number of halogens is 1. The molecule has 36 heavy (non-hydrogen) atoms. The fourth-order valence-electron chi connectivity index (χ4n) is 4.70. The SMILES string of the molecule is CCCN(CCC(=O)N1CCN(c2ccccc2F)CC1)c1nc(-c2cccs2)nc2ccccc12. The maximum absolute atomic E-state index is 14.2. The molecule has 0 radical (unpaired) electrons. The lowest BCUT2D eigenvalue weighted by Gasteiger charge is -2.36. The zero-order valence-electron chi connectivity index (χ0n) is 20.4. The number of nitrogens with zero attached hydrogens (tertiary/aromatic N) is 5. The van der Waals surface area contributed by atoms with Crippen LogP contribution in [0.25, 0.3) is 21.6 Å². The van der Waals surface area contributed by atoms with Crippen LogP contribution < -0.4 is 9.80 Å². The van der Waals surface area contributed by atoms with Crippen molar-refractivity contribution in [1.82, 2.24) is 14.9 Å². The van der Waals surface area contributed by atoms with Crippen molar-refractivity contribution in [2.24, 2.45) is 0 Å². The molecule has 8 heteroatoms. The molecule has 0 atom stereocenters. The molecule has 1 saturated heterocycles. The van der Waals surface area contributed by atoms with E-state index in [1.54, 1.807) is 23.5 Å². The number of hydrogen-bond acceptors (Lipinski definition) is 6. The molecule has 186 valence electrons. The molecule has 0 bridgehead atoms. The number of para-hydroxylation sites is 2. The smallest absolute Gasteiger partial charge is 0.224 e. The van der Waals surface area contributed by atoms with Gasteiger partial charge in [0.1, 0.15) is 11.6 Å². The number of carbonyl (C=O) groups excluding carboxylic acids is 1. The summed E-state index contributed by atoms with van der Waals surface area (Å²) in [6.07, 6.45) is 1.36. The Hall–Kier alpha value is -3.52. The van der Waals surface area contributed by atoms with E-state index in [1.165, 1.54) is 6.07 Å². The molecular weight excluding hydrogens is 473 g/mol. The van der Waals surface area contributed by atoms with E-state index >= 15 is 0 Å². The highest BCUT2D eigenvalue weighted by Crippen LogP contribution is 2.30. The fraction of sp³-hybridized carbons (Fsp3) is 0.321. The van der Waals surface area contributed by atoms with Crippen molar-refractivity contribution < 1.29 is 9.18 Å². The van der Waals surface area contributed by atoms with E-state index in [0.29, 0.717) is 44.8 Å². The second-order valence-corrected chi connectivity index (χ2v) is 9.87. The Morgan fingerprint density at radius 3 is 2.50 bits per heavy atom. The van der Waals surface area contributed by atoms with Crippen LogP contribution in [0.15, 0.2) is 66.0 Å². The van der Waals surface area contributed by atoms with Gasteiger partial charge in [0, 0.05) is 51.1 Å². The highest BCUT2D eigenvalue weighted by atomic mass is 32.1. The molecule has 2 aromatic heterocycles. The van der Waals surface area contributed by atoms with Gasteiger partial charge in [0.2, 0.25) is 5.91 Å². The van der Waals surface area contributed by atoms with Crippen LogP contribution in [-0.4, -0.2) is 60.0 Å². The topological polar surface area (TPSA) is 52.6 Å². The minimum atomic E-state index is -0.216. The Bertz CT molecular complexity index is 1320. The summed E-state index contributed by atoms with van der Waals surface area (Å²) in [5.74, 6) is 1.51. The van der Waals surface area contributed by atoms with Gasteiger partial charge in [-0.3, -0.25) is 4.79 Å². The number of amides is 1. The third-order valence-electron chi connectivity index (χ3n) is 6.54. The predicted molar refractivity (Wildman–Crippen MR) is 145 cm³/mol. The molecule has 6 nitrogen and oxygen atoms in total. The number of hydrogen-bond donors (Lipinski definition) is 0. The summed E-state index contributed by atoms with van der Waals surface area (Å²) >= 11 is 1.62. The molecular formula is C28H30FN5OS. The molecule has 0 spiro atoms. The van der Waals surface area contributed by atoms with E-state index in [4.69, 9.17) is 9.97 Å². The number of piperazine rings is 1. The second-order valence-electron chi connectivity index (χ2n) is 8.92. The molecule has 0 saturated carbocycles. The van der Waals surface area contributed by atoms with E-state index in [9.17, 15) is 9.18 Å². The van der Waals surface area contributed by atoms with Crippen LogP contribution in [0, 0.1) is 5.82 Å². The first-order valence-corrected chi connectivity index (χ1v) is 13.3. The summed E-state index contributed by atoms with van der Waals surface area (Å²) < 4.78 is 14.2. The van der Waals surface area contributed by atoms with Gasteiger partial charge in [-0.15, -0.1) is 11.3 Å². The maximum Gasteiger partial charge on any atom is 0.224 e. The third-order valence-corrected chi connectivity index (χ3v) is 7.40. The lowest BCUT2D eigenvalue weighted by molar-refractivity contribution is -0.131. The molecule has 1 amide bonds. The van der Waals surface area contributed by atoms with E-state index in [-0.39, 0.29) is 11.7 Å². The highest BCUT2D eigenvalue weighted by Gasteiger charge is 2.24. The van der Waals surface area contributed by atoms with Gasteiger partial charge in [0.15, 0.2) is 5.82 Å². The Labute approximate surface area is 215 Å². The van der Waals surface area contributed by atoms with Gasteiger partial charge in [0.25, 0.3) is 0 Å². The summed E-state index contributed by atoms with van der Waals surface area (Å²) in [6.45, 7) is 5.99. The van der Waals surface area contributed by atoms with E-state index in [0.717, 1.165) is 40.4 Å². The quantitative estimate of drug-likeness (QED) is 0.320. The first-order chi connectivity index (χ1) is 17.6. The minimum absolute atomic E-state index is 0.126.